The average molecular weight is 334 g/mol. The number of ether oxygens (including phenoxy) is 1. The zero-order chi connectivity index (χ0) is 13.9. The topological polar surface area (TPSA) is 12.5 Å². The Morgan fingerprint density at radius 3 is 2.80 bits per heavy atom. The third-order valence-electron chi connectivity index (χ3n) is 4.11. The lowest BCUT2D eigenvalue weighted by molar-refractivity contribution is 0.205. The molecule has 0 bridgehead atoms. The number of benzene rings is 2. The van der Waals surface area contributed by atoms with Crippen molar-refractivity contribution in [1.29, 1.82) is 0 Å². The number of hydrogen-bond acceptors (Lipinski definition) is 2. The van der Waals surface area contributed by atoms with Crippen molar-refractivity contribution in [3.05, 3.63) is 40.9 Å². The van der Waals surface area contributed by atoms with E-state index in [2.05, 4.69) is 64.2 Å². The highest BCUT2D eigenvalue weighted by atomic mass is 79.9. The summed E-state index contributed by atoms with van der Waals surface area (Å²) < 4.78 is 7.01. The minimum atomic E-state index is 0.715. The highest BCUT2D eigenvalue weighted by Gasteiger charge is 2.19. The normalized spacial score (nSPS) is 19.6. The van der Waals surface area contributed by atoms with E-state index in [0.717, 1.165) is 23.4 Å². The molecule has 1 fully saturated rings. The van der Waals surface area contributed by atoms with Crippen molar-refractivity contribution in [1.82, 2.24) is 4.90 Å². The molecule has 1 heterocycles. The number of likely N-dealkylation sites (tertiary alicyclic amines) is 1. The van der Waals surface area contributed by atoms with Gasteiger partial charge >= 0.3 is 0 Å². The van der Waals surface area contributed by atoms with Crippen molar-refractivity contribution in [2.45, 2.75) is 25.8 Å². The minimum absolute atomic E-state index is 0.715. The van der Waals surface area contributed by atoms with E-state index in [1.807, 2.05) is 0 Å². The first-order chi connectivity index (χ1) is 9.72. The molecule has 1 aliphatic heterocycles. The molecule has 2 aromatic rings. The highest BCUT2D eigenvalue weighted by molar-refractivity contribution is 9.10. The second-order valence-corrected chi connectivity index (χ2v) is 6.44. The fourth-order valence-corrected chi connectivity index (χ4v) is 3.27. The summed E-state index contributed by atoms with van der Waals surface area (Å²) in [5, 5.41) is 2.46. The van der Waals surface area contributed by atoms with E-state index >= 15 is 0 Å². The molecule has 20 heavy (non-hydrogen) atoms. The molecule has 0 aliphatic carbocycles. The van der Waals surface area contributed by atoms with Crippen molar-refractivity contribution in [3.8, 4) is 5.75 Å². The Hall–Kier alpha value is -1.06. The first-order valence-electron chi connectivity index (χ1n) is 7.28. The SMILES string of the molecule is C[C@@H]1CCCN1CCOc1ccc2cc(Br)ccc2c1. The third kappa shape index (κ3) is 3.15. The highest BCUT2D eigenvalue weighted by Crippen LogP contribution is 2.24. The van der Waals surface area contributed by atoms with Crippen molar-refractivity contribution in [3.63, 3.8) is 0 Å². The molecule has 0 radical (unpaired) electrons. The van der Waals surface area contributed by atoms with Gasteiger partial charge in [-0.05, 0) is 61.3 Å². The number of hydrogen-bond donors (Lipinski definition) is 0. The maximum absolute atomic E-state index is 5.90. The monoisotopic (exact) mass is 333 g/mol. The van der Waals surface area contributed by atoms with Crippen molar-refractivity contribution < 1.29 is 4.74 Å². The summed E-state index contributed by atoms with van der Waals surface area (Å²) in [6.45, 7) is 5.32. The molecule has 0 N–H and O–H groups in total. The number of fused-ring (bicyclic) bond motifs is 1. The Balaban J connectivity index is 1.61. The van der Waals surface area contributed by atoms with Crippen LogP contribution in [0.15, 0.2) is 40.9 Å². The van der Waals surface area contributed by atoms with Crippen LogP contribution in [0, 0.1) is 0 Å². The second-order valence-electron chi connectivity index (χ2n) is 5.53. The predicted molar refractivity (Wildman–Crippen MR) is 87.4 cm³/mol. The zero-order valence-corrected chi connectivity index (χ0v) is 13.4. The van der Waals surface area contributed by atoms with Crippen LogP contribution in [0.5, 0.6) is 5.75 Å². The first kappa shape index (κ1) is 13.9. The molecule has 0 unspecified atom stereocenters. The van der Waals surface area contributed by atoms with Crippen LogP contribution >= 0.6 is 15.9 Å². The number of rotatable bonds is 4. The summed E-state index contributed by atoms with van der Waals surface area (Å²) in [7, 11) is 0. The van der Waals surface area contributed by atoms with Crippen molar-refractivity contribution in [2.75, 3.05) is 19.7 Å². The van der Waals surface area contributed by atoms with Crippen LogP contribution < -0.4 is 4.74 Å². The van der Waals surface area contributed by atoms with Crippen LogP contribution in [0.1, 0.15) is 19.8 Å². The lowest BCUT2D eigenvalue weighted by atomic mass is 10.1. The average Bonchev–Trinajstić information content (AvgIpc) is 2.85. The van der Waals surface area contributed by atoms with Gasteiger partial charge in [-0.3, -0.25) is 4.90 Å². The van der Waals surface area contributed by atoms with Crippen LogP contribution in [-0.2, 0) is 0 Å². The van der Waals surface area contributed by atoms with E-state index in [-0.39, 0.29) is 0 Å². The van der Waals surface area contributed by atoms with Gasteiger partial charge in [-0.15, -0.1) is 0 Å². The van der Waals surface area contributed by atoms with Gasteiger partial charge in [-0.2, -0.15) is 0 Å². The maximum atomic E-state index is 5.90. The summed E-state index contributed by atoms with van der Waals surface area (Å²) in [5.41, 5.74) is 0. The minimum Gasteiger partial charge on any atom is -0.492 e. The van der Waals surface area contributed by atoms with E-state index in [0.29, 0.717) is 6.04 Å². The fourth-order valence-electron chi connectivity index (χ4n) is 2.89. The maximum Gasteiger partial charge on any atom is 0.120 e. The molecule has 1 aliphatic rings. The lowest BCUT2D eigenvalue weighted by Gasteiger charge is -2.20. The Morgan fingerprint density at radius 2 is 2.00 bits per heavy atom. The molecule has 106 valence electrons. The molecule has 0 saturated carbocycles. The summed E-state index contributed by atoms with van der Waals surface area (Å²) >= 11 is 3.50. The van der Waals surface area contributed by atoms with Crippen molar-refractivity contribution >= 4 is 26.7 Å². The van der Waals surface area contributed by atoms with Crippen LogP contribution in [0.25, 0.3) is 10.8 Å². The summed E-state index contributed by atoms with van der Waals surface area (Å²) in [4.78, 5) is 2.51. The van der Waals surface area contributed by atoms with Gasteiger partial charge in [-0.25, -0.2) is 0 Å². The van der Waals surface area contributed by atoms with Crippen molar-refractivity contribution in [2.24, 2.45) is 0 Å². The fraction of sp³-hybridized carbons (Fsp3) is 0.412. The second kappa shape index (κ2) is 6.15. The molecule has 0 spiro atoms. The molecule has 1 saturated heterocycles. The van der Waals surface area contributed by atoms with E-state index in [9.17, 15) is 0 Å². The van der Waals surface area contributed by atoms with Gasteiger partial charge in [-0.1, -0.05) is 28.1 Å². The Bertz CT molecular complexity index is 599. The largest absolute Gasteiger partial charge is 0.492 e. The molecule has 1 atom stereocenters. The van der Waals surface area contributed by atoms with Gasteiger partial charge in [0.1, 0.15) is 12.4 Å². The summed E-state index contributed by atoms with van der Waals surface area (Å²) in [5.74, 6) is 0.965. The van der Waals surface area contributed by atoms with E-state index in [1.54, 1.807) is 0 Å². The Kier molecular flexibility index (Phi) is 4.27. The molecule has 3 heteroatoms. The summed E-state index contributed by atoms with van der Waals surface area (Å²) in [6, 6.07) is 13.3. The lowest BCUT2D eigenvalue weighted by Crippen LogP contribution is -2.31. The zero-order valence-electron chi connectivity index (χ0n) is 11.8. The van der Waals surface area contributed by atoms with Gasteiger partial charge in [0.15, 0.2) is 0 Å². The van der Waals surface area contributed by atoms with Gasteiger partial charge in [0, 0.05) is 17.1 Å². The molecule has 3 rings (SSSR count). The molecule has 2 aromatic carbocycles. The standard InChI is InChI=1S/C17H20BrNO/c1-13-3-2-8-19(13)9-10-20-17-7-5-14-11-16(18)6-4-15(14)12-17/h4-7,11-13H,2-3,8-10H2,1H3/t13-/m1/s1. The quantitative estimate of drug-likeness (QED) is 0.818. The number of nitrogens with zero attached hydrogens (tertiary/aromatic N) is 1. The van der Waals surface area contributed by atoms with Crippen LogP contribution in [-0.4, -0.2) is 30.6 Å². The molecular weight excluding hydrogens is 314 g/mol. The number of halogens is 1. The van der Waals surface area contributed by atoms with Gasteiger partial charge in [0.25, 0.3) is 0 Å². The first-order valence-corrected chi connectivity index (χ1v) is 8.08. The molecule has 0 amide bonds. The van der Waals surface area contributed by atoms with Crippen LogP contribution in [0.3, 0.4) is 0 Å². The Morgan fingerprint density at radius 1 is 1.20 bits per heavy atom. The van der Waals surface area contributed by atoms with Gasteiger partial charge in [0.2, 0.25) is 0 Å². The molecule has 0 aromatic heterocycles. The van der Waals surface area contributed by atoms with Gasteiger partial charge in [0.05, 0.1) is 0 Å². The smallest absolute Gasteiger partial charge is 0.120 e. The van der Waals surface area contributed by atoms with E-state index in [1.165, 1.54) is 30.2 Å². The summed E-state index contributed by atoms with van der Waals surface area (Å²) in [6.07, 6.45) is 2.65. The predicted octanol–water partition coefficient (Wildman–Crippen LogP) is 4.47. The van der Waals surface area contributed by atoms with Crippen LogP contribution in [0.4, 0.5) is 0 Å². The Labute approximate surface area is 128 Å². The molecular formula is C17H20BrNO. The van der Waals surface area contributed by atoms with E-state index in [4.69, 9.17) is 4.74 Å². The van der Waals surface area contributed by atoms with Gasteiger partial charge < -0.3 is 4.74 Å². The van der Waals surface area contributed by atoms with E-state index < -0.39 is 0 Å². The third-order valence-corrected chi connectivity index (χ3v) is 4.60. The van der Waals surface area contributed by atoms with Crippen LogP contribution in [0.2, 0.25) is 0 Å². The molecule has 2 nitrogen and oxygen atoms in total.